The highest BCUT2D eigenvalue weighted by molar-refractivity contribution is 9.10. The Morgan fingerprint density at radius 1 is 1.29 bits per heavy atom. The van der Waals surface area contributed by atoms with E-state index in [1.54, 1.807) is 7.11 Å². The third-order valence-corrected chi connectivity index (χ3v) is 4.20. The number of carbonyl (C=O) groups is 1. The van der Waals surface area contributed by atoms with Crippen molar-refractivity contribution in [1.82, 2.24) is 0 Å². The standard InChI is InChI=1S/C17H15BrO3/c1-20-15-7-6-11(18)10-14(15)17(19)13-8-9-21-16-5-3-2-4-12(13)16/h2-7,10,13H,8-9H2,1H3. The molecule has 108 valence electrons. The van der Waals surface area contributed by atoms with E-state index in [9.17, 15) is 4.79 Å². The lowest BCUT2D eigenvalue weighted by atomic mass is 9.86. The molecule has 0 bridgehead atoms. The average molecular weight is 347 g/mol. The zero-order valence-electron chi connectivity index (χ0n) is 11.6. The molecule has 0 saturated heterocycles. The number of methoxy groups -OCH3 is 1. The van der Waals surface area contributed by atoms with Crippen molar-refractivity contribution < 1.29 is 14.3 Å². The third kappa shape index (κ3) is 2.68. The number of ether oxygens (including phenoxy) is 2. The van der Waals surface area contributed by atoms with E-state index >= 15 is 0 Å². The molecular formula is C17H15BrO3. The maximum Gasteiger partial charge on any atom is 0.174 e. The summed E-state index contributed by atoms with van der Waals surface area (Å²) in [6.45, 7) is 0.559. The fourth-order valence-electron chi connectivity index (χ4n) is 2.67. The molecule has 3 nitrogen and oxygen atoms in total. The van der Waals surface area contributed by atoms with Crippen LogP contribution in [0.15, 0.2) is 46.9 Å². The van der Waals surface area contributed by atoms with E-state index in [1.807, 2.05) is 42.5 Å². The van der Waals surface area contributed by atoms with Crippen molar-refractivity contribution >= 4 is 21.7 Å². The number of hydrogen-bond donors (Lipinski definition) is 0. The Labute approximate surface area is 132 Å². The van der Waals surface area contributed by atoms with Crippen LogP contribution in [0.5, 0.6) is 11.5 Å². The van der Waals surface area contributed by atoms with Gasteiger partial charge in [0.1, 0.15) is 11.5 Å². The first-order valence-corrected chi connectivity index (χ1v) is 7.59. The second kappa shape index (κ2) is 5.90. The number of fused-ring (bicyclic) bond motifs is 1. The summed E-state index contributed by atoms with van der Waals surface area (Å²) < 4.78 is 11.8. The van der Waals surface area contributed by atoms with Crippen LogP contribution in [0, 0.1) is 0 Å². The van der Waals surface area contributed by atoms with E-state index in [0.717, 1.165) is 15.8 Å². The number of para-hydroxylation sites is 1. The maximum atomic E-state index is 12.9. The van der Waals surface area contributed by atoms with E-state index < -0.39 is 0 Å². The van der Waals surface area contributed by atoms with Crippen molar-refractivity contribution in [2.75, 3.05) is 13.7 Å². The van der Waals surface area contributed by atoms with Gasteiger partial charge < -0.3 is 9.47 Å². The highest BCUT2D eigenvalue weighted by Crippen LogP contribution is 2.37. The third-order valence-electron chi connectivity index (χ3n) is 3.70. The molecule has 1 aliphatic heterocycles. The summed E-state index contributed by atoms with van der Waals surface area (Å²) in [7, 11) is 1.58. The lowest BCUT2D eigenvalue weighted by molar-refractivity contribution is 0.0930. The molecule has 0 aromatic heterocycles. The van der Waals surface area contributed by atoms with E-state index in [-0.39, 0.29) is 11.7 Å². The SMILES string of the molecule is COc1ccc(Br)cc1C(=O)C1CCOc2ccccc21. The number of halogens is 1. The predicted molar refractivity (Wildman–Crippen MR) is 84.3 cm³/mol. The minimum Gasteiger partial charge on any atom is -0.496 e. The van der Waals surface area contributed by atoms with Gasteiger partial charge in [0.05, 0.1) is 25.2 Å². The molecule has 1 aliphatic rings. The summed E-state index contributed by atoms with van der Waals surface area (Å²) in [4.78, 5) is 12.9. The van der Waals surface area contributed by atoms with Crippen LogP contribution in [-0.4, -0.2) is 19.5 Å². The lowest BCUT2D eigenvalue weighted by Gasteiger charge is -2.25. The second-order valence-electron chi connectivity index (χ2n) is 4.94. The van der Waals surface area contributed by atoms with Crippen LogP contribution < -0.4 is 9.47 Å². The van der Waals surface area contributed by atoms with Crippen molar-refractivity contribution in [3.05, 3.63) is 58.1 Å². The molecule has 0 fully saturated rings. The average Bonchev–Trinajstić information content (AvgIpc) is 2.53. The maximum absolute atomic E-state index is 12.9. The highest BCUT2D eigenvalue weighted by atomic mass is 79.9. The molecule has 1 heterocycles. The topological polar surface area (TPSA) is 35.5 Å². The number of rotatable bonds is 3. The van der Waals surface area contributed by atoms with E-state index in [1.165, 1.54) is 0 Å². The second-order valence-corrected chi connectivity index (χ2v) is 5.85. The molecule has 0 saturated carbocycles. The van der Waals surface area contributed by atoms with Crippen LogP contribution in [0.25, 0.3) is 0 Å². The van der Waals surface area contributed by atoms with Gasteiger partial charge in [-0.05, 0) is 30.7 Å². The Morgan fingerprint density at radius 2 is 2.10 bits per heavy atom. The van der Waals surface area contributed by atoms with Crippen LogP contribution in [0.2, 0.25) is 0 Å². The van der Waals surface area contributed by atoms with Crippen molar-refractivity contribution in [2.45, 2.75) is 12.3 Å². The Hall–Kier alpha value is -1.81. The predicted octanol–water partition coefficient (Wildman–Crippen LogP) is 4.21. The van der Waals surface area contributed by atoms with Crippen molar-refractivity contribution in [1.29, 1.82) is 0 Å². The molecule has 0 spiro atoms. The molecule has 1 atom stereocenters. The molecule has 0 radical (unpaired) electrons. The first-order valence-electron chi connectivity index (χ1n) is 6.80. The Balaban J connectivity index is 2.02. The first-order chi connectivity index (χ1) is 10.2. The first kappa shape index (κ1) is 14.1. The van der Waals surface area contributed by atoms with Crippen LogP contribution in [0.4, 0.5) is 0 Å². The number of carbonyl (C=O) groups excluding carboxylic acids is 1. The summed E-state index contributed by atoms with van der Waals surface area (Å²) in [5, 5.41) is 0. The van der Waals surface area contributed by atoms with Gasteiger partial charge in [-0.15, -0.1) is 0 Å². The lowest BCUT2D eigenvalue weighted by Crippen LogP contribution is -2.21. The van der Waals surface area contributed by atoms with Gasteiger partial charge in [-0.1, -0.05) is 34.1 Å². The van der Waals surface area contributed by atoms with E-state index in [4.69, 9.17) is 9.47 Å². The number of hydrogen-bond acceptors (Lipinski definition) is 3. The summed E-state index contributed by atoms with van der Waals surface area (Å²) in [6, 6.07) is 13.2. The number of Topliss-reactive ketones (excluding diaryl/α,β-unsaturated/α-hetero) is 1. The van der Waals surface area contributed by atoms with Gasteiger partial charge in [-0.25, -0.2) is 0 Å². The van der Waals surface area contributed by atoms with Crippen molar-refractivity contribution in [3.63, 3.8) is 0 Å². The summed E-state index contributed by atoms with van der Waals surface area (Å²) in [6.07, 6.45) is 0.686. The fraction of sp³-hybridized carbons (Fsp3) is 0.235. The molecule has 0 N–H and O–H groups in total. The molecule has 0 aliphatic carbocycles. The van der Waals surface area contributed by atoms with Gasteiger partial charge >= 0.3 is 0 Å². The summed E-state index contributed by atoms with van der Waals surface area (Å²) in [5.41, 5.74) is 1.56. The van der Waals surface area contributed by atoms with Crippen molar-refractivity contribution in [2.24, 2.45) is 0 Å². The fourth-order valence-corrected chi connectivity index (χ4v) is 3.04. The van der Waals surface area contributed by atoms with E-state index in [2.05, 4.69) is 15.9 Å². The molecule has 3 rings (SSSR count). The summed E-state index contributed by atoms with van der Waals surface area (Å²) in [5.74, 6) is 1.30. The Morgan fingerprint density at radius 3 is 2.90 bits per heavy atom. The molecule has 2 aromatic rings. The smallest absolute Gasteiger partial charge is 0.174 e. The minimum absolute atomic E-state index is 0.0731. The van der Waals surface area contributed by atoms with Crippen LogP contribution in [0.3, 0.4) is 0 Å². The Kier molecular flexibility index (Phi) is 3.97. The number of benzene rings is 2. The monoisotopic (exact) mass is 346 g/mol. The quantitative estimate of drug-likeness (QED) is 0.781. The van der Waals surface area contributed by atoms with Gasteiger partial charge in [0.15, 0.2) is 5.78 Å². The zero-order valence-corrected chi connectivity index (χ0v) is 13.2. The normalized spacial score (nSPS) is 16.8. The van der Waals surface area contributed by atoms with Gasteiger partial charge in [0, 0.05) is 10.0 Å². The zero-order chi connectivity index (χ0) is 14.8. The summed E-state index contributed by atoms with van der Waals surface area (Å²) >= 11 is 3.42. The van der Waals surface area contributed by atoms with Crippen LogP contribution in [-0.2, 0) is 0 Å². The number of ketones is 1. The van der Waals surface area contributed by atoms with Crippen LogP contribution >= 0.6 is 15.9 Å². The molecule has 4 heteroatoms. The molecule has 21 heavy (non-hydrogen) atoms. The van der Waals surface area contributed by atoms with E-state index in [0.29, 0.717) is 24.3 Å². The van der Waals surface area contributed by atoms with Crippen LogP contribution in [0.1, 0.15) is 28.3 Å². The van der Waals surface area contributed by atoms with Gasteiger partial charge in [-0.3, -0.25) is 4.79 Å². The van der Waals surface area contributed by atoms with Crippen molar-refractivity contribution in [3.8, 4) is 11.5 Å². The molecule has 0 amide bonds. The highest BCUT2D eigenvalue weighted by Gasteiger charge is 2.29. The molecule has 1 unspecified atom stereocenters. The molecule has 2 aromatic carbocycles. The van der Waals surface area contributed by atoms with Gasteiger partial charge in [0.2, 0.25) is 0 Å². The minimum atomic E-state index is -0.182. The van der Waals surface area contributed by atoms with Gasteiger partial charge in [0.25, 0.3) is 0 Å². The Bertz CT molecular complexity index is 681. The largest absolute Gasteiger partial charge is 0.496 e. The molecular weight excluding hydrogens is 332 g/mol. The van der Waals surface area contributed by atoms with Gasteiger partial charge in [-0.2, -0.15) is 0 Å².